The summed E-state index contributed by atoms with van der Waals surface area (Å²) in [4.78, 5) is 14.1. The van der Waals surface area contributed by atoms with Gasteiger partial charge in [0.25, 0.3) is 5.91 Å². The average molecular weight is 265 g/mol. The molecule has 7 nitrogen and oxygen atoms in total. The number of aryl methyl sites for hydroxylation is 2. The van der Waals surface area contributed by atoms with Crippen molar-refractivity contribution in [2.24, 2.45) is 23.9 Å². The highest BCUT2D eigenvalue weighted by molar-refractivity contribution is 5.95. The lowest BCUT2D eigenvalue weighted by molar-refractivity contribution is 0.0708. The van der Waals surface area contributed by atoms with Crippen molar-refractivity contribution in [3.8, 4) is 0 Å². The molecule has 1 aromatic rings. The number of nitrogens with zero attached hydrogens (tertiary/aromatic N) is 4. The van der Waals surface area contributed by atoms with E-state index in [1.165, 1.54) is 0 Å². The second kappa shape index (κ2) is 5.29. The van der Waals surface area contributed by atoms with E-state index < -0.39 is 0 Å². The third-order valence-electron chi connectivity index (χ3n) is 3.56. The summed E-state index contributed by atoms with van der Waals surface area (Å²) in [5.74, 6) is 0.317. The Kier molecular flexibility index (Phi) is 3.73. The van der Waals surface area contributed by atoms with Crippen molar-refractivity contribution in [1.29, 1.82) is 0 Å². The Morgan fingerprint density at radius 2 is 2.16 bits per heavy atom. The Labute approximate surface area is 111 Å². The van der Waals surface area contributed by atoms with E-state index in [1.807, 2.05) is 6.92 Å². The zero-order chi connectivity index (χ0) is 14.0. The summed E-state index contributed by atoms with van der Waals surface area (Å²) in [5, 5.41) is 15.9. The van der Waals surface area contributed by atoms with Gasteiger partial charge in [0.05, 0.1) is 11.3 Å². The van der Waals surface area contributed by atoms with E-state index in [-0.39, 0.29) is 17.7 Å². The van der Waals surface area contributed by atoms with E-state index in [0.717, 1.165) is 18.5 Å². The second-order valence-electron chi connectivity index (χ2n) is 4.89. The van der Waals surface area contributed by atoms with Gasteiger partial charge in [-0.3, -0.25) is 9.48 Å². The van der Waals surface area contributed by atoms with Crippen LogP contribution in [0.4, 0.5) is 0 Å². The maximum absolute atomic E-state index is 12.3. The first-order chi connectivity index (χ1) is 9.02. The van der Waals surface area contributed by atoms with Crippen molar-refractivity contribution in [2.75, 3.05) is 13.1 Å². The summed E-state index contributed by atoms with van der Waals surface area (Å²) in [6.45, 7) is 3.07. The molecule has 1 aliphatic heterocycles. The molecule has 1 fully saturated rings. The van der Waals surface area contributed by atoms with Crippen molar-refractivity contribution in [2.45, 2.75) is 19.8 Å². The van der Waals surface area contributed by atoms with Gasteiger partial charge in [0.2, 0.25) is 0 Å². The zero-order valence-electron chi connectivity index (χ0n) is 11.2. The molecule has 1 amide bonds. The van der Waals surface area contributed by atoms with E-state index in [1.54, 1.807) is 22.8 Å². The molecule has 1 aliphatic rings. The second-order valence-corrected chi connectivity index (χ2v) is 4.89. The molecule has 0 saturated carbocycles. The van der Waals surface area contributed by atoms with Crippen molar-refractivity contribution in [3.63, 3.8) is 0 Å². The maximum Gasteiger partial charge on any atom is 0.257 e. The number of oxime groups is 1. The molecule has 104 valence electrons. The van der Waals surface area contributed by atoms with Gasteiger partial charge in [-0.15, -0.1) is 0 Å². The first kappa shape index (κ1) is 13.4. The fourth-order valence-electron chi connectivity index (χ4n) is 2.44. The van der Waals surface area contributed by atoms with Crippen LogP contribution >= 0.6 is 0 Å². The number of aromatic nitrogens is 2. The van der Waals surface area contributed by atoms with Crippen molar-refractivity contribution in [3.05, 3.63) is 17.5 Å². The van der Waals surface area contributed by atoms with Gasteiger partial charge in [0.15, 0.2) is 0 Å². The van der Waals surface area contributed by atoms with Crippen molar-refractivity contribution < 1.29 is 10.0 Å². The van der Waals surface area contributed by atoms with Crippen molar-refractivity contribution >= 4 is 11.7 Å². The fraction of sp³-hybridized carbons (Fsp3) is 0.583. The Morgan fingerprint density at radius 1 is 1.53 bits per heavy atom. The molecule has 0 aliphatic carbocycles. The molecule has 2 heterocycles. The number of hydrogen-bond donors (Lipinski definition) is 2. The molecule has 0 spiro atoms. The summed E-state index contributed by atoms with van der Waals surface area (Å²) in [5.41, 5.74) is 6.98. The minimum atomic E-state index is 0.00330. The third-order valence-corrected chi connectivity index (χ3v) is 3.56. The normalized spacial score (nSPS) is 17.8. The highest BCUT2D eigenvalue weighted by Gasteiger charge is 2.27. The van der Waals surface area contributed by atoms with Crippen molar-refractivity contribution in [1.82, 2.24) is 14.7 Å². The quantitative estimate of drug-likeness (QED) is 0.348. The number of carbonyl (C=O) groups is 1. The van der Waals surface area contributed by atoms with Crippen LogP contribution in [0.15, 0.2) is 11.4 Å². The Hall–Kier alpha value is -2.05. The predicted molar refractivity (Wildman–Crippen MR) is 70.0 cm³/mol. The SMILES string of the molecule is Cc1nn(C)cc1C(=O)N1CCC(/C(N)=N/O)CC1. The highest BCUT2D eigenvalue weighted by Crippen LogP contribution is 2.20. The van der Waals surface area contributed by atoms with E-state index in [9.17, 15) is 4.79 Å². The number of piperidine rings is 1. The number of hydrogen-bond acceptors (Lipinski definition) is 4. The molecule has 2 rings (SSSR count). The van der Waals surface area contributed by atoms with Crippen LogP contribution in [0.5, 0.6) is 0 Å². The van der Waals surface area contributed by atoms with Crippen LogP contribution in [0.25, 0.3) is 0 Å². The molecule has 3 N–H and O–H groups in total. The number of carbonyl (C=O) groups excluding carboxylic acids is 1. The molecule has 0 atom stereocenters. The van der Waals surface area contributed by atoms with Gasteiger partial charge in [0, 0.05) is 32.3 Å². The molecule has 19 heavy (non-hydrogen) atoms. The molecule has 0 radical (unpaired) electrons. The molecule has 0 unspecified atom stereocenters. The van der Waals surface area contributed by atoms with Gasteiger partial charge in [-0.05, 0) is 19.8 Å². The lowest BCUT2D eigenvalue weighted by Gasteiger charge is -2.31. The van der Waals surface area contributed by atoms with Crippen LogP contribution in [0.1, 0.15) is 28.9 Å². The number of amidine groups is 1. The molecule has 0 aromatic carbocycles. The Balaban J connectivity index is 2.02. The Bertz CT molecular complexity index is 500. The summed E-state index contributed by atoms with van der Waals surface area (Å²) in [7, 11) is 1.80. The average Bonchev–Trinajstić information content (AvgIpc) is 2.76. The van der Waals surface area contributed by atoms with E-state index >= 15 is 0 Å². The van der Waals surface area contributed by atoms with Crippen LogP contribution in [-0.2, 0) is 7.05 Å². The smallest absolute Gasteiger partial charge is 0.257 e. The van der Waals surface area contributed by atoms with E-state index in [2.05, 4.69) is 10.3 Å². The first-order valence-electron chi connectivity index (χ1n) is 6.30. The van der Waals surface area contributed by atoms with Gasteiger partial charge >= 0.3 is 0 Å². The van der Waals surface area contributed by atoms with Crippen LogP contribution < -0.4 is 5.73 Å². The van der Waals surface area contributed by atoms with E-state index in [4.69, 9.17) is 10.9 Å². The standard InChI is InChI=1S/C12H19N5O2/c1-8-10(7-16(2)14-8)12(18)17-5-3-9(4-6-17)11(13)15-19/h7,9,19H,3-6H2,1-2H3,(H2,13,15). The van der Waals surface area contributed by atoms with Crippen LogP contribution in [0, 0.1) is 12.8 Å². The summed E-state index contributed by atoms with van der Waals surface area (Å²) in [6, 6.07) is 0. The van der Waals surface area contributed by atoms with Gasteiger partial charge in [-0.1, -0.05) is 5.16 Å². The molecule has 1 saturated heterocycles. The van der Waals surface area contributed by atoms with Crippen LogP contribution in [0.2, 0.25) is 0 Å². The minimum Gasteiger partial charge on any atom is -0.409 e. The monoisotopic (exact) mass is 265 g/mol. The minimum absolute atomic E-state index is 0.00330. The third kappa shape index (κ3) is 2.69. The number of nitrogens with two attached hydrogens (primary N) is 1. The molecular weight excluding hydrogens is 246 g/mol. The first-order valence-corrected chi connectivity index (χ1v) is 6.30. The summed E-state index contributed by atoms with van der Waals surface area (Å²) < 4.78 is 1.64. The molecule has 1 aromatic heterocycles. The molecule has 0 bridgehead atoms. The largest absolute Gasteiger partial charge is 0.409 e. The van der Waals surface area contributed by atoms with E-state index in [0.29, 0.717) is 18.7 Å². The topological polar surface area (TPSA) is 96.7 Å². The highest BCUT2D eigenvalue weighted by atomic mass is 16.4. The zero-order valence-corrected chi connectivity index (χ0v) is 11.2. The summed E-state index contributed by atoms with van der Waals surface area (Å²) in [6.07, 6.45) is 3.19. The predicted octanol–water partition coefficient (Wildman–Crippen LogP) is 0.327. The lowest BCUT2D eigenvalue weighted by Crippen LogP contribution is -2.41. The molecule has 7 heteroatoms. The lowest BCUT2D eigenvalue weighted by atomic mass is 9.95. The number of amides is 1. The van der Waals surface area contributed by atoms with Gasteiger partial charge < -0.3 is 15.8 Å². The maximum atomic E-state index is 12.3. The number of rotatable bonds is 2. The van der Waals surface area contributed by atoms with Crippen LogP contribution in [0.3, 0.4) is 0 Å². The van der Waals surface area contributed by atoms with Gasteiger partial charge in [-0.2, -0.15) is 5.10 Å². The van der Waals surface area contributed by atoms with Gasteiger partial charge in [0.1, 0.15) is 5.84 Å². The van der Waals surface area contributed by atoms with Crippen LogP contribution in [-0.4, -0.2) is 44.7 Å². The van der Waals surface area contributed by atoms with Gasteiger partial charge in [-0.25, -0.2) is 0 Å². The number of likely N-dealkylation sites (tertiary alicyclic amines) is 1. The fourth-order valence-corrected chi connectivity index (χ4v) is 2.44. The molecular formula is C12H19N5O2. The Morgan fingerprint density at radius 3 is 2.63 bits per heavy atom. The summed E-state index contributed by atoms with van der Waals surface area (Å²) >= 11 is 0.